The molecule has 2 aliphatic rings. The Morgan fingerprint density at radius 2 is 1.78 bits per heavy atom. The van der Waals surface area contributed by atoms with Crippen LogP contribution in [0.15, 0.2) is 42.5 Å². The smallest absolute Gasteiger partial charge is 0.332 e. The largest absolute Gasteiger partial charge is 0.467 e. The van der Waals surface area contributed by atoms with Gasteiger partial charge in [0.15, 0.2) is 11.6 Å². The third-order valence-corrected chi connectivity index (χ3v) is 7.74. The number of piperidine rings is 1. The molecule has 4 rings (SSSR count). The molecule has 2 aromatic carbocycles. The highest BCUT2D eigenvalue weighted by Gasteiger charge is 2.50. The van der Waals surface area contributed by atoms with Crippen LogP contribution in [0.5, 0.6) is 0 Å². The van der Waals surface area contributed by atoms with Gasteiger partial charge in [0.2, 0.25) is 11.8 Å². The lowest BCUT2D eigenvalue weighted by atomic mass is 9.84. The molecule has 2 amide bonds. The summed E-state index contributed by atoms with van der Waals surface area (Å²) < 4.78 is 32.6. The third kappa shape index (κ3) is 5.09. The molecule has 0 aromatic heterocycles. The highest BCUT2D eigenvalue weighted by atomic mass is 19.2. The Morgan fingerprint density at radius 1 is 1.14 bits per heavy atom. The average Bonchev–Trinajstić information content (AvgIpc) is 3.31. The van der Waals surface area contributed by atoms with Crippen LogP contribution in [0, 0.1) is 11.6 Å². The summed E-state index contributed by atoms with van der Waals surface area (Å²) in [4.78, 5) is 42.6. The van der Waals surface area contributed by atoms with Gasteiger partial charge < -0.3 is 15.4 Å². The molecular weight excluding hydrogens is 480 g/mol. The van der Waals surface area contributed by atoms with Crippen LogP contribution >= 0.6 is 0 Å². The molecule has 1 fully saturated rings. The fraction of sp³-hybridized carbons (Fsp3) is 0.464. The van der Waals surface area contributed by atoms with Crippen molar-refractivity contribution in [1.29, 1.82) is 0 Å². The molecule has 7 nitrogen and oxygen atoms in total. The topological polar surface area (TPSA) is 92.9 Å². The summed E-state index contributed by atoms with van der Waals surface area (Å²) in [6.45, 7) is 2.24. The van der Waals surface area contributed by atoms with E-state index < -0.39 is 29.2 Å². The van der Waals surface area contributed by atoms with E-state index in [-0.39, 0.29) is 56.5 Å². The van der Waals surface area contributed by atoms with E-state index in [2.05, 4.69) is 0 Å². The molecule has 0 spiro atoms. The predicted octanol–water partition coefficient (Wildman–Crippen LogP) is 3.69. The summed E-state index contributed by atoms with van der Waals surface area (Å²) in [6.07, 6.45) is 1.91. The third-order valence-electron chi connectivity index (χ3n) is 7.74. The van der Waals surface area contributed by atoms with Crippen LogP contribution in [-0.2, 0) is 25.5 Å². The van der Waals surface area contributed by atoms with Crippen molar-refractivity contribution in [1.82, 2.24) is 4.90 Å². The first kappa shape index (κ1) is 26.7. The normalized spacial score (nSPS) is 19.2. The van der Waals surface area contributed by atoms with Gasteiger partial charge in [-0.05, 0) is 61.1 Å². The van der Waals surface area contributed by atoms with Gasteiger partial charge in [-0.15, -0.1) is 0 Å². The van der Waals surface area contributed by atoms with E-state index in [1.165, 1.54) is 24.1 Å². The number of carbonyl (C=O) groups excluding carboxylic acids is 3. The number of methoxy groups -OCH3 is 1. The molecule has 0 saturated carbocycles. The van der Waals surface area contributed by atoms with Gasteiger partial charge in [-0.3, -0.25) is 14.5 Å². The van der Waals surface area contributed by atoms with E-state index in [0.29, 0.717) is 24.1 Å². The number of esters is 1. The number of nitrogens with zero attached hydrogens (tertiary/aromatic N) is 2. The number of nitrogens with two attached hydrogens (primary N) is 1. The minimum absolute atomic E-state index is 0.0462. The van der Waals surface area contributed by atoms with Crippen LogP contribution in [0.25, 0.3) is 0 Å². The summed E-state index contributed by atoms with van der Waals surface area (Å²) in [7, 11) is 1.30. The lowest BCUT2D eigenvalue weighted by Crippen LogP contribution is -2.63. The number of halogens is 2. The number of rotatable bonds is 7. The molecule has 9 heteroatoms. The first-order chi connectivity index (χ1) is 17.7. The summed E-state index contributed by atoms with van der Waals surface area (Å²) in [5.74, 6) is -2.92. The van der Waals surface area contributed by atoms with Crippen LogP contribution in [0.2, 0.25) is 0 Å². The summed E-state index contributed by atoms with van der Waals surface area (Å²) >= 11 is 0. The van der Waals surface area contributed by atoms with Gasteiger partial charge in [-0.1, -0.05) is 25.1 Å². The maximum absolute atomic E-state index is 13.8. The molecule has 1 heterocycles. The van der Waals surface area contributed by atoms with E-state index in [1.54, 1.807) is 36.1 Å². The van der Waals surface area contributed by atoms with E-state index in [4.69, 9.17) is 10.5 Å². The molecule has 0 bridgehead atoms. The van der Waals surface area contributed by atoms with Crippen molar-refractivity contribution in [2.45, 2.75) is 62.9 Å². The van der Waals surface area contributed by atoms with Crippen LogP contribution in [-0.4, -0.2) is 54.5 Å². The van der Waals surface area contributed by atoms with Crippen LogP contribution in [0.1, 0.15) is 56.1 Å². The van der Waals surface area contributed by atoms with Gasteiger partial charge in [0.25, 0.3) is 0 Å². The lowest BCUT2D eigenvalue weighted by molar-refractivity contribution is -0.152. The monoisotopic (exact) mass is 513 g/mol. The quantitative estimate of drug-likeness (QED) is 0.570. The van der Waals surface area contributed by atoms with E-state index in [1.807, 2.05) is 6.07 Å². The lowest BCUT2D eigenvalue weighted by Gasteiger charge is -2.46. The zero-order valence-electron chi connectivity index (χ0n) is 21.2. The first-order valence-electron chi connectivity index (χ1n) is 12.7. The number of likely N-dealkylation sites (tertiary alicyclic amines) is 1. The van der Waals surface area contributed by atoms with Gasteiger partial charge in [-0.2, -0.15) is 0 Å². The second-order valence-corrected chi connectivity index (χ2v) is 9.80. The molecule has 2 N–H and O–H groups in total. The van der Waals surface area contributed by atoms with Gasteiger partial charge in [0.05, 0.1) is 7.11 Å². The zero-order valence-corrected chi connectivity index (χ0v) is 21.2. The molecule has 2 atom stereocenters. The minimum Gasteiger partial charge on any atom is -0.467 e. The Bertz CT molecular complexity index is 1170. The summed E-state index contributed by atoms with van der Waals surface area (Å²) in [6, 6.07) is 10.9. The second kappa shape index (κ2) is 11.0. The van der Waals surface area contributed by atoms with Crippen LogP contribution in [0.4, 0.5) is 14.5 Å². The number of amides is 2. The number of benzene rings is 2. The number of carbonyl (C=O) groups is 3. The van der Waals surface area contributed by atoms with Crippen molar-refractivity contribution in [3.8, 4) is 0 Å². The molecule has 1 saturated heterocycles. The summed E-state index contributed by atoms with van der Waals surface area (Å²) in [5, 5.41) is 0. The zero-order chi connectivity index (χ0) is 26.7. The second-order valence-electron chi connectivity index (χ2n) is 9.80. The number of anilines is 1. The van der Waals surface area contributed by atoms with Gasteiger partial charge >= 0.3 is 5.97 Å². The molecule has 1 aliphatic heterocycles. The van der Waals surface area contributed by atoms with Crippen molar-refractivity contribution in [2.24, 2.45) is 5.73 Å². The maximum atomic E-state index is 13.8. The number of ether oxygens (including phenoxy) is 1. The highest BCUT2D eigenvalue weighted by Crippen LogP contribution is 2.38. The van der Waals surface area contributed by atoms with E-state index >= 15 is 0 Å². The Balaban J connectivity index is 1.48. The Hall–Kier alpha value is -3.33. The molecule has 198 valence electrons. The van der Waals surface area contributed by atoms with Crippen molar-refractivity contribution in [3.63, 3.8) is 0 Å². The van der Waals surface area contributed by atoms with Gasteiger partial charge in [-0.25, -0.2) is 13.6 Å². The highest BCUT2D eigenvalue weighted by molar-refractivity contribution is 6.02. The number of fused-ring (bicyclic) bond motifs is 1. The van der Waals surface area contributed by atoms with Crippen molar-refractivity contribution >= 4 is 23.5 Å². The number of aryl methyl sites for hydroxylation is 1. The van der Waals surface area contributed by atoms with Crippen LogP contribution < -0.4 is 10.6 Å². The maximum Gasteiger partial charge on any atom is 0.332 e. The number of hydrogen-bond acceptors (Lipinski definition) is 5. The fourth-order valence-corrected chi connectivity index (χ4v) is 5.75. The van der Waals surface area contributed by atoms with Gasteiger partial charge in [0, 0.05) is 43.6 Å². The molecular formula is C28H33F2N3O4. The van der Waals surface area contributed by atoms with Crippen LogP contribution in [0.3, 0.4) is 0 Å². The van der Waals surface area contributed by atoms with E-state index in [9.17, 15) is 23.2 Å². The minimum atomic E-state index is -1.23. The fourth-order valence-electron chi connectivity index (χ4n) is 5.75. The molecule has 0 unspecified atom stereocenters. The Labute approximate surface area is 215 Å². The molecule has 1 aliphatic carbocycles. The molecule has 37 heavy (non-hydrogen) atoms. The Morgan fingerprint density at radius 3 is 2.41 bits per heavy atom. The molecule has 0 radical (unpaired) electrons. The van der Waals surface area contributed by atoms with E-state index in [0.717, 1.165) is 5.56 Å². The molecule has 2 aromatic rings. The first-order valence-corrected chi connectivity index (χ1v) is 12.7. The Kier molecular flexibility index (Phi) is 7.92. The predicted molar refractivity (Wildman–Crippen MR) is 135 cm³/mol. The van der Waals surface area contributed by atoms with Crippen molar-refractivity contribution < 1.29 is 27.9 Å². The standard InChI is InChI=1S/C28H33F2N3O4/c1-3-25(34)33(19-7-5-4-6-8-19)28(27(36)37-2)11-13-32(14-12-28)26(35)17-24(31)20-10-9-18-15-22(29)23(30)16-21(18)20/h4-8,15-16,20,24H,3,9-14,17,31H2,1-2H3/t20-,24-/m0/s1. The summed E-state index contributed by atoms with van der Waals surface area (Å²) in [5.41, 5.74) is 7.17. The van der Waals surface area contributed by atoms with Crippen molar-refractivity contribution in [2.75, 3.05) is 25.1 Å². The number of para-hydroxylation sites is 1. The number of hydrogen-bond donors (Lipinski definition) is 1. The SMILES string of the molecule is CCC(=O)N(c1ccccc1)C1(C(=O)OC)CCN(C(=O)C[C@H](N)[C@H]2CCc3cc(F)c(F)cc32)CC1. The average molecular weight is 514 g/mol. The van der Waals surface area contributed by atoms with Gasteiger partial charge in [0.1, 0.15) is 5.54 Å². The van der Waals surface area contributed by atoms with Crippen molar-refractivity contribution in [3.05, 3.63) is 65.2 Å².